The molecular weight excluding hydrogens is 291 g/mol. The van der Waals surface area contributed by atoms with Gasteiger partial charge in [0.2, 0.25) is 5.28 Å². The van der Waals surface area contributed by atoms with Crippen LogP contribution in [0, 0.1) is 6.92 Å². The molecule has 18 heavy (non-hydrogen) atoms. The van der Waals surface area contributed by atoms with Crippen LogP contribution in [0.5, 0.6) is 0 Å². The fraction of sp³-hybridized carbons (Fsp3) is 0.273. The number of anilines is 2. The number of hydrogen-bond acceptors (Lipinski definition) is 5. The zero-order valence-electron chi connectivity index (χ0n) is 9.87. The van der Waals surface area contributed by atoms with Gasteiger partial charge in [0.1, 0.15) is 0 Å². The number of nitrogen functional groups attached to an aromatic ring is 1. The lowest BCUT2D eigenvalue weighted by Gasteiger charge is -2.15. The molecule has 0 amide bonds. The molecule has 7 heteroatoms. The second-order valence-corrected chi connectivity index (χ2v) is 5.93. The van der Waals surface area contributed by atoms with Crippen molar-refractivity contribution in [3.05, 3.63) is 32.3 Å². The number of aromatic nitrogens is 2. The number of nitrogens with zero attached hydrogens (tertiary/aromatic N) is 2. The molecule has 3 N–H and O–H groups in total. The Kier molecular flexibility index (Phi) is 3.94. The van der Waals surface area contributed by atoms with Crippen LogP contribution in [0.1, 0.15) is 23.5 Å². The molecule has 0 aliphatic heterocycles. The normalized spacial score (nSPS) is 12.4. The molecule has 0 bridgehead atoms. The molecule has 0 aliphatic rings. The molecule has 2 heterocycles. The number of thiophene rings is 1. The van der Waals surface area contributed by atoms with Crippen molar-refractivity contribution in [2.24, 2.45) is 0 Å². The SMILES string of the molecule is Cc1nc(Cl)nc(NC(C)c2ccc(Cl)s2)c1N. The zero-order valence-corrected chi connectivity index (χ0v) is 12.2. The van der Waals surface area contributed by atoms with E-state index in [0.29, 0.717) is 17.2 Å². The molecule has 2 aromatic heterocycles. The predicted molar refractivity (Wildman–Crippen MR) is 77.6 cm³/mol. The first-order valence-corrected chi connectivity index (χ1v) is 6.86. The second kappa shape index (κ2) is 5.30. The van der Waals surface area contributed by atoms with E-state index in [4.69, 9.17) is 28.9 Å². The summed E-state index contributed by atoms with van der Waals surface area (Å²) in [6, 6.07) is 3.88. The van der Waals surface area contributed by atoms with Crippen molar-refractivity contribution in [2.45, 2.75) is 19.9 Å². The third kappa shape index (κ3) is 2.85. The summed E-state index contributed by atoms with van der Waals surface area (Å²) in [5.41, 5.74) is 7.08. The minimum absolute atomic E-state index is 0.0511. The van der Waals surface area contributed by atoms with Gasteiger partial charge in [-0.3, -0.25) is 0 Å². The van der Waals surface area contributed by atoms with Crippen LogP contribution >= 0.6 is 34.5 Å². The second-order valence-electron chi connectivity index (χ2n) is 3.85. The van der Waals surface area contributed by atoms with E-state index < -0.39 is 0 Å². The Balaban J connectivity index is 2.24. The Morgan fingerprint density at radius 2 is 2.06 bits per heavy atom. The summed E-state index contributed by atoms with van der Waals surface area (Å²) in [4.78, 5) is 9.19. The maximum absolute atomic E-state index is 5.91. The molecule has 0 saturated carbocycles. The highest BCUT2D eigenvalue weighted by Crippen LogP contribution is 2.30. The average Bonchev–Trinajstić information content (AvgIpc) is 2.72. The molecule has 0 aliphatic carbocycles. The van der Waals surface area contributed by atoms with E-state index >= 15 is 0 Å². The van der Waals surface area contributed by atoms with Gasteiger partial charge in [-0.1, -0.05) is 11.6 Å². The lowest BCUT2D eigenvalue weighted by atomic mass is 10.2. The van der Waals surface area contributed by atoms with Gasteiger partial charge in [0.05, 0.1) is 21.8 Å². The Hall–Kier alpha value is -1.04. The molecular formula is C11H12Cl2N4S. The van der Waals surface area contributed by atoms with Crippen LogP contribution in [-0.2, 0) is 0 Å². The molecule has 2 aromatic rings. The van der Waals surface area contributed by atoms with Gasteiger partial charge in [-0.25, -0.2) is 4.98 Å². The van der Waals surface area contributed by atoms with E-state index in [0.717, 1.165) is 9.21 Å². The van der Waals surface area contributed by atoms with Gasteiger partial charge in [-0.05, 0) is 37.6 Å². The molecule has 4 nitrogen and oxygen atoms in total. The number of nitrogens with two attached hydrogens (primary N) is 1. The lowest BCUT2D eigenvalue weighted by molar-refractivity contribution is 0.892. The van der Waals surface area contributed by atoms with Gasteiger partial charge in [-0.2, -0.15) is 4.98 Å². The van der Waals surface area contributed by atoms with Crippen LogP contribution < -0.4 is 11.1 Å². The molecule has 2 rings (SSSR count). The summed E-state index contributed by atoms with van der Waals surface area (Å²) in [7, 11) is 0. The quantitative estimate of drug-likeness (QED) is 0.844. The van der Waals surface area contributed by atoms with Gasteiger partial charge in [0, 0.05) is 4.88 Å². The average molecular weight is 303 g/mol. The van der Waals surface area contributed by atoms with Gasteiger partial charge in [0.25, 0.3) is 0 Å². The monoisotopic (exact) mass is 302 g/mol. The molecule has 0 radical (unpaired) electrons. The standard InChI is InChI=1S/C11H12Cl2N4S/c1-5(7-3-4-8(12)18-7)15-10-9(14)6(2)16-11(13)17-10/h3-5H,14H2,1-2H3,(H,15,16,17). The number of halogens is 2. The van der Waals surface area contributed by atoms with Gasteiger partial charge in [0.15, 0.2) is 5.82 Å². The summed E-state index contributed by atoms with van der Waals surface area (Å²) in [6.45, 7) is 3.80. The lowest BCUT2D eigenvalue weighted by Crippen LogP contribution is -2.10. The van der Waals surface area contributed by atoms with Crippen LogP contribution in [0.2, 0.25) is 9.62 Å². The molecule has 1 atom stereocenters. The van der Waals surface area contributed by atoms with E-state index in [1.165, 1.54) is 11.3 Å². The topological polar surface area (TPSA) is 63.8 Å². The minimum atomic E-state index is 0.0511. The summed E-state index contributed by atoms with van der Waals surface area (Å²) >= 11 is 13.2. The third-order valence-corrected chi connectivity index (χ3v) is 4.07. The van der Waals surface area contributed by atoms with E-state index in [-0.39, 0.29) is 11.3 Å². The molecule has 0 saturated heterocycles. The number of hydrogen-bond donors (Lipinski definition) is 2. The van der Waals surface area contributed by atoms with E-state index in [1.807, 2.05) is 19.1 Å². The summed E-state index contributed by atoms with van der Waals surface area (Å²) < 4.78 is 0.753. The predicted octanol–water partition coefficient (Wildman–Crippen LogP) is 3.91. The molecule has 0 aromatic carbocycles. The van der Waals surface area contributed by atoms with Crippen LogP contribution in [0.3, 0.4) is 0 Å². The van der Waals surface area contributed by atoms with E-state index in [2.05, 4.69) is 15.3 Å². The maximum atomic E-state index is 5.91. The zero-order chi connectivity index (χ0) is 13.3. The molecule has 1 unspecified atom stereocenters. The van der Waals surface area contributed by atoms with Gasteiger partial charge in [-0.15, -0.1) is 11.3 Å². The number of nitrogens with one attached hydrogen (secondary N) is 1. The highest BCUT2D eigenvalue weighted by molar-refractivity contribution is 7.16. The Morgan fingerprint density at radius 1 is 1.33 bits per heavy atom. The summed E-state index contributed by atoms with van der Waals surface area (Å²) in [6.07, 6.45) is 0. The summed E-state index contributed by atoms with van der Waals surface area (Å²) in [5.74, 6) is 0.546. The van der Waals surface area contributed by atoms with Gasteiger partial charge < -0.3 is 11.1 Å². The Labute approximate surface area is 119 Å². The first-order chi connectivity index (χ1) is 8.47. The first-order valence-electron chi connectivity index (χ1n) is 5.28. The third-order valence-electron chi connectivity index (χ3n) is 2.48. The highest BCUT2D eigenvalue weighted by Gasteiger charge is 2.13. The van der Waals surface area contributed by atoms with Gasteiger partial charge >= 0.3 is 0 Å². The fourth-order valence-electron chi connectivity index (χ4n) is 1.49. The van der Waals surface area contributed by atoms with Crippen molar-refractivity contribution in [2.75, 3.05) is 11.1 Å². The molecule has 0 fully saturated rings. The highest BCUT2D eigenvalue weighted by atomic mass is 35.5. The van der Waals surface area contributed by atoms with Crippen molar-refractivity contribution >= 4 is 46.0 Å². The van der Waals surface area contributed by atoms with E-state index in [9.17, 15) is 0 Å². The first kappa shape index (κ1) is 13.4. The Bertz CT molecular complexity index is 570. The number of aryl methyl sites for hydroxylation is 1. The fourth-order valence-corrected chi connectivity index (χ4v) is 2.77. The largest absolute Gasteiger partial charge is 0.394 e. The Morgan fingerprint density at radius 3 is 2.67 bits per heavy atom. The van der Waals surface area contributed by atoms with E-state index in [1.54, 1.807) is 6.92 Å². The smallest absolute Gasteiger partial charge is 0.224 e. The molecule has 96 valence electrons. The van der Waals surface area contributed by atoms with Crippen molar-refractivity contribution in [3.8, 4) is 0 Å². The van der Waals surface area contributed by atoms with Crippen LogP contribution in [0.25, 0.3) is 0 Å². The summed E-state index contributed by atoms with van der Waals surface area (Å²) in [5, 5.41) is 3.39. The number of rotatable bonds is 3. The van der Waals surface area contributed by atoms with Crippen molar-refractivity contribution in [3.63, 3.8) is 0 Å². The maximum Gasteiger partial charge on any atom is 0.224 e. The molecule has 0 spiro atoms. The van der Waals surface area contributed by atoms with Crippen LogP contribution in [-0.4, -0.2) is 9.97 Å². The van der Waals surface area contributed by atoms with Crippen LogP contribution in [0.15, 0.2) is 12.1 Å². The minimum Gasteiger partial charge on any atom is -0.394 e. The van der Waals surface area contributed by atoms with Crippen molar-refractivity contribution < 1.29 is 0 Å². The van der Waals surface area contributed by atoms with Crippen LogP contribution in [0.4, 0.5) is 11.5 Å². The van der Waals surface area contributed by atoms with Crippen molar-refractivity contribution in [1.29, 1.82) is 0 Å². The van der Waals surface area contributed by atoms with Crippen molar-refractivity contribution in [1.82, 2.24) is 9.97 Å².